The van der Waals surface area contributed by atoms with Crippen molar-refractivity contribution < 1.29 is 35.6 Å². The summed E-state index contributed by atoms with van der Waals surface area (Å²) in [6.07, 6.45) is 0. The van der Waals surface area contributed by atoms with E-state index in [9.17, 15) is 0 Å². The molecule has 0 aliphatic rings. The van der Waals surface area contributed by atoms with Crippen LogP contribution in [0, 0.1) is 35.6 Å². The Bertz CT molecular complexity index is 4.14. The molecule has 0 heterocycles. The molecule has 0 atom stereocenters. The van der Waals surface area contributed by atoms with Crippen LogP contribution in [0.1, 0.15) is 0 Å². The summed E-state index contributed by atoms with van der Waals surface area (Å²) >= 11 is 0. The van der Waals surface area contributed by atoms with E-state index < -0.39 is 0 Å². The maximum Gasteiger partial charge on any atom is 0 e. The molecule has 1 radical (unpaired) electrons. The van der Waals surface area contributed by atoms with Crippen molar-refractivity contribution in [3.05, 3.63) is 0 Å². The molecular weight excluding hydrogens is 618 g/mol. The van der Waals surface area contributed by atoms with Gasteiger partial charge in [0, 0.05) is 35.6 Å². The maximum absolute atomic E-state index is 0. The van der Waals surface area contributed by atoms with E-state index in [1.165, 1.54) is 0 Å². The Labute approximate surface area is 135 Å². The topological polar surface area (TPSA) is 0 Å². The van der Waals surface area contributed by atoms with Gasteiger partial charge in [-0.25, -0.2) is 0 Å². The molecule has 0 fully saturated rings. The first-order valence-corrected chi connectivity index (χ1v) is 0. The minimum absolute atomic E-state index is 0. The van der Waals surface area contributed by atoms with Crippen LogP contribution in [-0.4, -0.2) is 0 Å². The van der Waals surface area contributed by atoms with Crippen molar-refractivity contribution in [3.8, 4) is 0 Å². The number of hydrogen-bond donors (Lipinski definition) is 0. The smallest absolute Gasteiger partial charge is 0 e. The molecule has 0 rings (SSSR count). The molecule has 0 aromatic heterocycles. The van der Waals surface area contributed by atoms with Gasteiger partial charge in [-0.15, -0.1) is 102 Å². The summed E-state index contributed by atoms with van der Waals surface area (Å²) < 4.78 is 0. The zero-order chi connectivity index (χ0) is 0. The molecule has 7 heteroatoms. The largest absolute Gasteiger partial charge is 0.114 e. The fourth-order valence-electron chi connectivity index (χ4n) is 0. The predicted octanol–water partition coefficient (Wildman–Crippen LogP) is 3.47. The molecule has 0 saturated carbocycles. The third-order valence-corrected chi connectivity index (χ3v) is 0. The molecule has 0 aromatic carbocycles. The molecule has 51 valence electrons. The van der Waals surface area contributed by atoms with Crippen molar-refractivity contribution >= 4 is 102 Å². The van der Waals surface area contributed by atoms with Gasteiger partial charge in [0.15, 0.2) is 0 Å². The second-order valence-corrected chi connectivity index (χ2v) is 0. The Morgan fingerprint density at radius 3 is 0.286 bits per heavy atom. The van der Waals surface area contributed by atoms with Gasteiger partial charge in [-0.3, -0.25) is 0 Å². The van der Waals surface area contributed by atoms with Crippen molar-refractivity contribution in [1.29, 1.82) is 0 Å². The van der Waals surface area contributed by atoms with Crippen LogP contribution in [0.3, 0.4) is 0 Å². The van der Waals surface area contributed by atoms with Crippen LogP contribution in [0.2, 0.25) is 0 Å². The molecule has 0 aromatic rings. The summed E-state index contributed by atoms with van der Waals surface area (Å²) in [5.74, 6) is 0. The van der Waals surface area contributed by atoms with Gasteiger partial charge in [0.05, 0.1) is 0 Å². The molecule has 7 heavy (non-hydrogen) atoms. The number of halogens is 6. The van der Waals surface area contributed by atoms with Crippen LogP contribution in [-0.2, 0) is 0 Å². The van der Waals surface area contributed by atoms with Gasteiger partial charge in [-0.2, -0.15) is 0 Å². The SMILES string of the molecule is Br.Br.Br.Br.Br.Br.[La]. The second kappa shape index (κ2) is 50.0. The van der Waals surface area contributed by atoms with Gasteiger partial charge in [0.1, 0.15) is 0 Å². The normalized spacial score (nSPS) is 0. The van der Waals surface area contributed by atoms with E-state index >= 15 is 0 Å². The molecular formula is H6Br6La. The van der Waals surface area contributed by atoms with Crippen LogP contribution in [0.5, 0.6) is 0 Å². The zero-order valence-corrected chi connectivity index (χ0v) is 16.9. The van der Waals surface area contributed by atoms with E-state index in [0.29, 0.717) is 0 Å². The van der Waals surface area contributed by atoms with Crippen LogP contribution >= 0.6 is 102 Å². The maximum atomic E-state index is 0. The Kier molecular flexibility index (Phi) is 483. The fraction of sp³-hybridized carbons (Fsp3) is 0. The van der Waals surface area contributed by atoms with Gasteiger partial charge in [-0.05, 0) is 0 Å². The summed E-state index contributed by atoms with van der Waals surface area (Å²) in [6.45, 7) is 0. The van der Waals surface area contributed by atoms with Crippen molar-refractivity contribution in [1.82, 2.24) is 0 Å². The summed E-state index contributed by atoms with van der Waals surface area (Å²) in [5.41, 5.74) is 0. The Balaban J connectivity index is 0. The van der Waals surface area contributed by atoms with Crippen LogP contribution in [0.15, 0.2) is 0 Å². The third-order valence-electron chi connectivity index (χ3n) is 0. The fourth-order valence-corrected chi connectivity index (χ4v) is 0. The molecule has 0 bridgehead atoms. The molecule has 0 aliphatic carbocycles. The first kappa shape index (κ1) is 67.7. The Hall–Kier alpha value is 4.07. The van der Waals surface area contributed by atoms with E-state index in [0.717, 1.165) is 0 Å². The minimum atomic E-state index is 0. The molecule has 0 saturated heterocycles. The summed E-state index contributed by atoms with van der Waals surface area (Å²) in [5, 5.41) is 0. The standard InChI is InChI=1S/6BrH.La/h6*1H;. The van der Waals surface area contributed by atoms with Crippen molar-refractivity contribution in [2.24, 2.45) is 0 Å². The van der Waals surface area contributed by atoms with Crippen LogP contribution in [0.25, 0.3) is 0 Å². The second-order valence-electron chi connectivity index (χ2n) is 0. The van der Waals surface area contributed by atoms with Crippen molar-refractivity contribution in [2.45, 2.75) is 0 Å². The molecule has 0 amide bonds. The minimum Gasteiger partial charge on any atom is -0.114 e. The quantitative estimate of drug-likeness (QED) is 0.388. The van der Waals surface area contributed by atoms with Gasteiger partial charge in [0.2, 0.25) is 0 Å². The average molecular weight is 624 g/mol. The predicted molar refractivity (Wildman–Crippen MR) is 61.9 cm³/mol. The van der Waals surface area contributed by atoms with Gasteiger partial charge in [-0.1, -0.05) is 0 Å². The van der Waals surface area contributed by atoms with Crippen molar-refractivity contribution in [3.63, 3.8) is 0 Å². The van der Waals surface area contributed by atoms with E-state index in [4.69, 9.17) is 0 Å². The third kappa shape index (κ3) is 39.6. The van der Waals surface area contributed by atoms with Gasteiger partial charge < -0.3 is 0 Å². The van der Waals surface area contributed by atoms with Crippen LogP contribution < -0.4 is 0 Å². The van der Waals surface area contributed by atoms with E-state index in [-0.39, 0.29) is 137 Å². The summed E-state index contributed by atoms with van der Waals surface area (Å²) in [7, 11) is 0. The molecule has 0 spiro atoms. The molecule has 0 nitrogen and oxygen atoms in total. The number of rotatable bonds is 0. The summed E-state index contributed by atoms with van der Waals surface area (Å²) in [6, 6.07) is 0. The molecule has 0 aliphatic heterocycles. The Morgan fingerprint density at radius 2 is 0.286 bits per heavy atom. The van der Waals surface area contributed by atoms with E-state index in [2.05, 4.69) is 0 Å². The zero-order valence-electron chi connectivity index (χ0n) is 3.03. The first-order chi connectivity index (χ1) is 0. The number of hydrogen-bond acceptors (Lipinski definition) is 0. The Morgan fingerprint density at radius 1 is 0.286 bits per heavy atom. The molecule has 0 N–H and O–H groups in total. The van der Waals surface area contributed by atoms with Crippen molar-refractivity contribution in [2.75, 3.05) is 0 Å². The summed E-state index contributed by atoms with van der Waals surface area (Å²) in [4.78, 5) is 0. The van der Waals surface area contributed by atoms with Crippen LogP contribution in [0.4, 0.5) is 0 Å². The van der Waals surface area contributed by atoms with E-state index in [1.807, 2.05) is 0 Å². The first-order valence-electron chi connectivity index (χ1n) is 0. The monoisotopic (exact) mass is 618 g/mol. The van der Waals surface area contributed by atoms with E-state index in [1.54, 1.807) is 0 Å². The van der Waals surface area contributed by atoms with Gasteiger partial charge in [0.25, 0.3) is 0 Å². The average Bonchev–Trinajstić information content (AvgIpc) is 0. The molecule has 0 unspecified atom stereocenters. The van der Waals surface area contributed by atoms with Gasteiger partial charge >= 0.3 is 0 Å².